The fourth-order valence-corrected chi connectivity index (χ4v) is 1.87. The maximum Gasteiger partial charge on any atom is 0.289 e. The Balaban J connectivity index is 3.20. The molecule has 0 aliphatic rings. The van der Waals surface area contributed by atoms with E-state index in [1.165, 1.54) is 6.07 Å². The number of hydrogen-bond donors (Lipinski definition) is 1. The molecule has 1 aromatic carbocycles. The molecule has 0 bridgehead atoms. The lowest BCUT2D eigenvalue weighted by atomic mass is 10.0. The molecule has 0 amide bonds. The zero-order valence-corrected chi connectivity index (χ0v) is 11.0. The van der Waals surface area contributed by atoms with E-state index in [-0.39, 0.29) is 16.3 Å². The molecule has 18 heavy (non-hydrogen) atoms. The molecule has 6 nitrogen and oxygen atoms in total. The second-order valence-corrected chi connectivity index (χ2v) is 4.90. The topological polar surface area (TPSA) is 86.3 Å². The van der Waals surface area contributed by atoms with Crippen molar-refractivity contribution in [2.45, 2.75) is 31.6 Å². The molecular formula is C11H14N2O4S. The number of thiol groups is 1. The molecular weight excluding hydrogens is 256 g/mol. The van der Waals surface area contributed by atoms with Gasteiger partial charge in [-0.3, -0.25) is 20.2 Å². The summed E-state index contributed by atoms with van der Waals surface area (Å²) in [5, 5.41) is 21.6. The first kappa shape index (κ1) is 14.4. The Morgan fingerprint density at radius 2 is 1.72 bits per heavy atom. The van der Waals surface area contributed by atoms with E-state index in [1.807, 2.05) is 13.8 Å². The standard InChI is InChI=1S/C11H14N2O4S/c1-7(2)3-4-8-5-11(18)10(13(16)17)6-9(8)12(14)15/h5-7,18H,3-4H2,1-2H3. The molecule has 7 heteroatoms. The molecule has 1 rings (SSSR count). The molecule has 0 unspecified atom stereocenters. The monoisotopic (exact) mass is 270 g/mol. The molecule has 1 aromatic rings. The van der Waals surface area contributed by atoms with E-state index in [4.69, 9.17) is 0 Å². The smallest absolute Gasteiger partial charge is 0.258 e. The Bertz CT molecular complexity index is 488. The lowest BCUT2D eigenvalue weighted by Gasteiger charge is -2.06. The van der Waals surface area contributed by atoms with E-state index in [9.17, 15) is 20.2 Å². The van der Waals surface area contributed by atoms with E-state index >= 15 is 0 Å². The van der Waals surface area contributed by atoms with Gasteiger partial charge >= 0.3 is 0 Å². The Morgan fingerprint density at radius 3 is 2.17 bits per heavy atom. The Labute approximate surface area is 110 Å². The van der Waals surface area contributed by atoms with Crippen LogP contribution in [-0.4, -0.2) is 9.85 Å². The highest BCUT2D eigenvalue weighted by molar-refractivity contribution is 7.80. The predicted octanol–water partition coefficient (Wildman–Crippen LogP) is 3.38. The molecule has 0 radical (unpaired) electrons. The summed E-state index contributed by atoms with van der Waals surface area (Å²) in [5.41, 5.74) is -0.0530. The van der Waals surface area contributed by atoms with Gasteiger partial charge in [0, 0.05) is 5.56 Å². The van der Waals surface area contributed by atoms with Crippen LogP contribution in [0.3, 0.4) is 0 Å². The maximum atomic E-state index is 10.9. The third kappa shape index (κ3) is 3.43. The molecule has 0 aromatic heterocycles. The maximum absolute atomic E-state index is 10.9. The van der Waals surface area contributed by atoms with Crippen LogP contribution in [0.5, 0.6) is 0 Å². The van der Waals surface area contributed by atoms with E-state index < -0.39 is 9.85 Å². The summed E-state index contributed by atoms with van der Waals surface area (Å²) < 4.78 is 0. The van der Waals surface area contributed by atoms with Crippen molar-refractivity contribution < 1.29 is 9.85 Å². The molecule has 0 atom stereocenters. The average molecular weight is 270 g/mol. The molecule has 0 aliphatic heterocycles. The SMILES string of the molecule is CC(C)CCc1cc(S)c([N+](=O)[O-])cc1[N+](=O)[O-]. The third-order valence-electron chi connectivity index (χ3n) is 2.56. The minimum atomic E-state index is -0.665. The van der Waals surface area contributed by atoms with Crippen molar-refractivity contribution in [2.24, 2.45) is 5.92 Å². The first-order chi connectivity index (χ1) is 8.32. The van der Waals surface area contributed by atoms with Crippen molar-refractivity contribution in [3.8, 4) is 0 Å². The fourth-order valence-electron chi connectivity index (χ4n) is 1.57. The molecule has 0 heterocycles. The van der Waals surface area contributed by atoms with Crippen molar-refractivity contribution in [1.29, 1.82) is 0 Å². The van der Waals surface area contributed by atoms with Gasteiger partial charge in [0.2, 0.25) is 0 Å². The molecule has 0 fully saturated rings. The number of nitro groups is 2. The van der Waals surface area contributed by atoms with Crippen molar-refractivity contribution in [3.05, 3.63) is 37.9 Å². The predicted molar refractivity (Wildman–Crippen MR) is 70.2 cm³/mol. The quantitative estimate of drug-likeness (QED) is 0.505. The van der Waals surface area contributed by atoms with Gasteiger partial charge in [0.25, 0.3) is 11.4 Å². The van der Waals surface area contributed by atoms with Crippen LogP contribution in [0, 0.1) is 26.1 Å². The number of hydrogen-bond acceptors (Lipinski definition) is 5. The highest BCUT2D eigenvalue weighted by Crippen LogP contribution is 2.32. The van der Waals surface area contributed by atoms with Gasteiger partial charge in [0.15, 0.2) is 0 Å². The largest absolute Gasteiger partial charge is 0.289 e. The van der Waals surface area contributed by atoms with Crippen LogP contribution in [0.25, 0.3) is 0 Å². The normalized spacial score (nSPS) is 10.7. The highest BCUT2D eigenvalue weighted by atomic mass is 32.1. The average Bonchev–Trinajstić information content (AvgIpc) is 2.25. The van der Waals surface area contributed by atoms with E-state index in [0.29, 0.717) is 17.9 Å². The summed E-state index contributed by atoms with van der Waals surface area (Å²) in [6.45, 7) is 4.03. The summed E-state index contributed by atoms with van der Waals surface area (Å²) in [4.78, 5) is 20.5. The van der Waals surface area contributed by atoms with Gasteiger partial charge in [0.05, 0.1) is 20.8 Å². The van der Waals surface area contributed by atoms with Gasteiger partial charge in [0.1, 0.15) is 0 Å². The molecule has 0 N–H and O–H groups in total. The summed E-state index contributed by atoms with van der Waals surface area (Å²) in [7, 11) is 0. The lowest BCUT2D eigenvalue weighted by molar-refractivity contribution is -0.396. The zero-order valence-electron chi connectivity index (χ0n) is 10.1. The summed E-state index contributed by atoms with van der Waals surface area (Å²) in [6.07, 6.45) is 1.30. The van der Waals surface area contributed by atoms with Crippen LogP contribution in [0.15, 0.2) is 17.0 Å². The first-order valence-electron chi connectivity index (χ1n) is 5.47. The van der Waals surface area contributed by atoms with Gasteiger partial charge in [-0.1, -0.05) is 13.8 Å². The highest BCUT2D eigenvalue weighted by Gasteiger charge is 2.22. The van der Waals surface area contributed by atoms with Crippen molar-refractivity contribution in [1.82, 2.24) is 0 Å². The van der Waals surface area contributed by atoms with Gasteiger partial charge in [-0.2, -0.15) is 0 Å². The number of rotatable bonds is 5. The van der Waals surface area contributed by atoms with Crippen LogP contribution in [0.2, 0.25) is 0 Å². The molecule has 98 valence electrons. The third-order valence-corrected chi connectivity index (χ3v) is 2.92. The molecule has 0 saturated carbocycles. The van der Waals surface area contributed by atoms with Crippen molar-refractivity contribution >= 4 is 24.0 Å². The minimum Gasteiger partial charge on any atom is -0.258 e. The lowest BCUT2D eigenvalue weighted by Crippen LogP contribution is -2.01. The first-order valence-corrected chi connectivity index (χ1v) is 5.92. The van der Waals surface area contributed by atoms with Gasteiger partial charge in [-0.15, -0.1) is 12.6 Å². The van der Waals surface area contributed by atoms with Gasteiger partial charge in [-0.25, -0.2) is 0 Å². The summed E-state index contributed by atoms with van der Waals surface area (Å²) in [6, 6.07) is 2.40. The molecule has 0 spiro atoms. The van der Waals surface area contributed by atoms with Crippen molar-refractivity contribution in [3.63, 3.8) is 0 Å². The number of nitrogens with zero attached hydrogens (tertiary/aromatic N) is 2. The van der Waals surface area contributed by atoms with Gasteiger partial charge < -0.3 is 0 Å². The van der Waals surface area contributed by atoms with E-state index in [2.05, 4.69) is 12.6 Å². The summed E-state index contributed by atoms with van der Waals surface area (Å²) >= 11 is 4.00. The Hall–Kier alpha value is -1.63. The minimum absolute atomic E-state index is 0.157. The Morgan fingerprint density at radius 1 is 1.17 bits per heavy atom. The van der Waals surface area contributed by atoms with E-state index in [1.54, 1.807) is 0 Å². The van der Waals surface area contributed by atoms with Crippen LogP contribution in [0.4, 0.5) is 11.4 Å². The summed E-state index contributed by atoms with van der Waals surface area (Å²) in [5.74, 6) is 0.406. The second kappa shape index (κ2) is 5.81. The second-order valence-electron chi connectivity index (χ2n) is 4.42. The molecule has 0 saturated heterocycles. The molecule has 0 aliphatic carbocycles. The van der Waals surface area contributed by atoms with Crippen LogP contribution >= 0.6 is 12.6 Å². The van der Waals surface area contributed by atoms with Gasteiger partial charge in [-0.05, 0) is 24.8 Å². The van der Waals surface area contributed by atoms with Crippen LogP contribution in [-0.2, 0) is 6.42 Å². The zero-order chi connectivity index (χ0) is 13.9. The van der Waals surface area contributed by atoms with Crippen LogP contribution in [0.1, 0.15) is 25.8 Å². The fraction of sp³-hybridized carbons (Fsp3) is 0.455. The Kier molecular flexibility index (Phi) is 4.66. The van der Waals surface area contributed by atoms with Crippen molar-refractivity contribution in [2.75, 3.05) is 0 Å². The van der Waals surface area contributed by atoms with E-state index in [0.717, 1.165) is 12.5 Å². The number of benzene rings is 1. The van der Waals surface area contributed by atoms with Crippen LogP contribution < -0.4 is 0 Å². The number of aryl methyl sites for hydroxylation is 1. The number of nitro benzene ring substituents is 2.